The molecule has 0 heterocycles. The van der Waals surface area contributed by atoms with E-state index in [1.165, 1.54) is 17.0 Å². The molecule has 3 amide bonds. The summed E-state index contributed by atoms with van der Waals surface area (Å²) in [5.74, 6) is -1.40. The molecule has 0 fully saturated rings. The van der Waals surface area contributed by atoms with E-state index in [0.717, 1.165) is 27.8 Å². The zero-order valence-electron chi connectivity index (χ0n) is 29.2. The molecule has 262 valence electrons. The second kappa shape index (κ2) is 17.9. The van der Waals surface area contributed by atoms with Crippen LogP contribution in [0.3, 0.4) is 0 Å². The molecule has 0 saturated carbocycles. The number of amides is 3. The number of likely N-dealkylation sites (N-methyl/N-ethyl adjacent to an activating group) is 2. The maximum atomic E-state index is 14.8. The van der Waals surface area contributed by atoms with Crippen LogP contribution >= 0.6 is 0 Å². The summed E-state index contributed by atoms with van der Waals surface area (Å²) in [6, 6.07) is 39.0. The summed E-state index contributed by atoms with van der Waals surface area (Å²) in [4.78, 5) is 45.8. The van der Waals surface area contributed by atoms with Gasteiger partial charge >= 0.3 is 0 Å². The third-order valence-electron chi connectivity index (χ3n) is 9.18. The molecular formula is C43H45FN4O3. The van der Waals surface area contributed by atoms with Crippen LogP contribution in [0.15, 0.2) is 133 Å². The van der Waals surface area contributed by atoms with Crippen molar-refractivity contribution in [2.24, 2.45) is 5.73 Å². The Labute approximate surface area is 299 Å². The normalized spacial score (nSPS) is 12.1. The predicted octanol–water partition coefficient (Wildman–Crippen LogP) is 6.45. The lowest BCUT2D eigenvalue weighted by Crippen LogP contribution is -2.57. The van der Waals surface area contributed by atoms with E-state index in [-0.39, 0.29) is 49.5 Å². The molecular weight excluding hydrogens is 639 g/mol. The monoisotopic (exact) mass is 684 g/mol. The molecule has 0 unspecified atom stereocenters. The van der Waals surface area contributed by atoms with Gasteiger partial charge in [-0.25, -0.2) is 4.39 Å². The number of nitrogens with one attached hydrogen (secondary N) is 1. The minimum atomic E-state index is -0.926. The SMILES string of the molecule is CCN(C(=O)c1cccc(CN)c1)[C@H](Cc1ccc(-c2ccccc2)cc1)C(=O)N(C)[C@H](Cc1ccc(F)cc1)C(=O)NCCc1ccccc1. The van der Waals surface area contributed by atoms with E-state index in [9.17, 15) is 18.8 Å². The van der Waals surface area contributed by atoms with Gasteiger partial charge in [-0.2, -0.15) is 0 Å². The van der Waals surface area contributed by atoms with Crippen LogP contribution < -0.4 is 11.1 Å². The Balaban J connectivity index is 1.46. The van der Waals surface area contributed by atoms with Crippen molar-refractivity contribution in [3.63, 3.8) is 0 Å². The van der Waals surface area contributed by atoms with Crippen molar-refractivity contribution in [1.82, 2.24) is 15.1 Å². The average Bonchev–Trinajstić information content (AvgIpc) is 3.18. The molecule has 0 aromatic heterocycles. The fourth-order valence-corrected chi connectivity index (χ4v) is 6.25. The first kappa shape index (κ1) is 36.7. The molecule has 51 heavy (non-hydrogen) atoms. The van der Waals surface area contributed by atoms with Gasteiger partial charge in [-0.1, -0.05) is 109 Å². The maximum Gasteiger partial charge on any atom is 0.254 e. The highest BCUT2D eigenvalue weighted by molar-refractivity contribution is 5.98. The van der Waals surface area contributed by atoms with Crippen LogP contribution in [0.25, 0.3) is 11.1 Å². The Morgan fingerprint density at radius 3 is 1.88 bits per heavy atom. The number of hydrogen-bond acceptors (Lipinski definition) is 4. The van der Waals surface area contributed by atoms with Gasteiger partial charge in [0, 0.05) is 45.1 Å². The summed E-state index contributed by atoms with van der Waals surface area (Å²) in [6.07, 6.45) is 1.01. The first-order valence-electron chi connectivity index (χ1n) is 17.3. The summed E-state index contributed by atoms with van der Waals surface area (Å²) in [5, 5.41) is 3.01. The van der Waals surface area contributed by atoms with Crippen molar-refractivity contribution >= 4 is 17.7 Å². The standard InChI is InChI=1S/C43H45FN4O3/c1-3-48(42(50)37-16-10-13-34(27-37)30-45)40(29-32-17-21-36(22-18-32)35-14-8-5-9-15-35)43(51)47(2)39(28-33-19-23-38(44)24-20-33)41(49)46-26-25-31-11-6-4-7-12-31/h4-24,27,39-40H,3,25-26,28-30,45H2,1-2H3,(H,46,49)/t39-,40-/m1/s1. The van der Waals surface area contributed by atoms with E-state index < -0.39 is 12.1 Å². The number of halogens is 1. The number of rotatable bonds is 15. The second-order valence-corrected chi connectivity index (χ2v) is 12.6. The Morgan fingerprint density at radius 2 is 1.25 bits per heavy atom. The molecule has 0 aliphatic heterocycles. The van der Waals surface area contributed by atoms with Crippen LogP contribution in [-0.2, 0) is 35.4 Å². The largest absolute Gasteiger partial charge is 0.354 e. The third-order valence-corrected chi connectivity index (χ3v) is 9.18. The number of nitrogens with zero attached hydrogens (tertiary/aromatic N) is 2. The van der Waals surface area contributed by atoms with Gasteiger partial charge in [-0.3, -0.25) is 14.4 Å². The smallest absolute Gasteiger partial charge is 0.254 e. The van der Waals surface area contributed by atoms with Gasteiger partial charge in [0.25, 0.3) is 5.91 Å². The molecule has 0 aliphatic carbocycles. The van der Waals surface area contributed by atoms with Gasteiger partial charge in [-0.05, 0) is 71.0 Å². The van der Waals surface area contributed by atoms with E-state index in [2.05, 4.69) is 5.32 Å². The van der Waals surface area contributed by atoms with Crippen LogP contribution in [-0.4, -0.2) is 59.7 Å². The van der Waals surface area contributed by atoms with Crippen LogP contribution in [0.2, 0.25) is 0 Å². The topological polar surface area (TPSA) is 95.7 Å². The minimum absolute atomic E-state index is 0.163. The molecule has 5 aromatic rings. The molecule has 0 radical (unpaired) electrons. The summed E-state index contributed by atoms with van der Waals surface area (Å²) in [5.41, 5.74) is 11.9. The minimum Gasteiger partial charge on any atom is -0.354 e. The van der Waals surface area contributed by atoms with Gasteiger partial charge in [-0.15, -0.1) is 0 Å². The summed E-state index contributed by atoms with van der Waals surface area (Å²) in [6.45, 7) is 2.75. The molecule has 0 spiro atoms. The molecule has 5 aromatic carbocycles. The quantitative estimate of drug-likeness (QED) is 0.133. The van der Waals surface area contributed by atoms with Crippen molar-refractivity contribution in [1.29, 1.82) is 0 Å². The summed E-state index contributed by atoms with van der Waals surface area (Å²) >= 11 is 0. The first-order chi connectivity index (χ1) is 24.8. The van der Waals surface area contributed by atoms with Gasteiger partial charge in [0.2, 0.25) is 11.8 Å². The molecule has 7 nitrogen and oxygen atoms in total. The molecule has 0 saturated heterocycles. The van der Waals surface area contributed by atoms with Crippen LogP contribution in [0.5, 0.6) is 0 Å². The maximum absolute atomic E-state index is 14.8. The van der Waals surface area contributed by atoms with Gasteiger partial charge in [0.1, 0.15) is 17.9 Å². The number of hydrogen-bond donors (Lipinski definition) is 2. The highest BCUT2D eigenvalue weighted by atomic mass is 19.1. The van der Waals surface area contributed by atoms with Crippen molar-refractivity contribution in [3.05, 3.63) is 167 Å². The Bertz CT molecular complexity index is 1880. The highest BCUT2D eigenvalue weighted by Gasteiger charge is 2.36. The Kier molecular flexibility index (Phi) is 12.9. The van der Waals surface area contributed by atoms with E-state index in [1.807, 2.05) is 97.9 Å². The van der Waals surface area contributed by atoms with Gasteiger partial charge in [0.05, 0.1) is 0 Å². The van der Waals surface area contributed by atoms with Gasteiger partial charge < -0.3 is 20.9 Å². The van der Waals surface area contributed by atoms with E-state index >= 15 is 0 Å². The molecule has 3 N–H and O–H groups in total. The van der Waals surface area contributed by atoms with Crippen LogP contribution in [0.1, 0.15) is 39.5 Å². The number of nitrogens with two attached hydrogens (primary N) is 1. The lowest BCUT2D eigenvalue weighted by Gasteiger charge is -2.36. The molecule has 5 rings (SSSR count). The summed E-state index contributed by atoms with van der Waals surface area (Å²) < 4.78 is 13.8. The van der Waals surface area contributed by atoms with Crippen molar-refractivity contribution in [2.45, 2.75) is 44.8 Å². The van der Waals surface area contributed by atoms with Crippen molar-refractivity contribution in [3.8, 4) is 11.1 Å². The lowest BCUT2D eigenvalue weighted by atomic mass is 9.97. The molecule has 8 heteroatoms. The Hall–Kier alpha value is -5.60. The zero-order valence-corrected chi connectivity index (χ0v) is 29.2. The number of carbonyl (C=O) groups excluding carboxylic acids is 3. The molecule has 0 aliphatic rings. The van der Waals surface area contributed by atoms with Crippen LogP contribution in [0.4, 0.5) is 4.39 Å². The summed E-state index contributed by atoms with van der Waals surface area (Å²) in [7, 11) is 1.60. The molecule has 0 bridgehead atoms. The fourth-order valence-electron chi connectivity index (χ4n) is 6.25. The highest BCUT2D eigenvalue weighted by Crippen LogP contribution is 2.23. The van der Waals surface area contributed by atoms with Crippen molar-refractivity contribution < 1.29 is 18.8 Å². The Morgan fingerprint density at radius 1 is 0.686 bits per heavy atom. The second-order valence-electron chi connectivity index (χ2n) is 12.6. The molecule has 2 atom stereocenters. The van der Waals surface area contributed by atoms with Crippen molar-refractivity contribution in [2.75, 3.05) is 20.1 Å². The fraction of sp³-hybridized carbons (Fsp3) is 0.233. The third kappa shape index (κ3) is 9.77. The predicted molar refractivity (Wildman–Crippen MR) is 200 cm³/mol. The van der Waals surface area contributed by atoms with Gasteiger partial charge in [0.15, 0.2) is 0 Å². The lowest BCUT2D eigenvalue weighted by molar-refractivity contribution is -0.142. The van der Waals surface area contributed by atoms with Crippen LogP contribution in [0, 0.1) is 5.82 Å². The average molecular weight is 685 g/mol. The van der Waals surface area contributed by atoms with E-state index in [0.29, 0.717) is 24.1 Å². The van der Waals surface area contributed by atoms with E-state index in [4.69, 9.17) is 5.73 Å². The van der Waals surface area contributed by atoms with E-state index in [1.54, 1.807) is 42.3 Å². The number of benzene rings is 5. The zero-order chi connectivity index (χ0) is 36.2. The number of carbonyl (C=O) groups is 3. The first-order valence-corrected chi connectivity index (χ1v) is 17.3.